The molecular weight excluding hydrogens is 356 g/mol. The monoisotopic (exact) mass is 376 g/mol. The Balaban J connectivity index is 1.64. The molecule has 0 aliphatic rings. The summed E-state index contributed by atoms with van der Waals surface area (Å²) >= 11 is 0. The van der Waals surface area contributed by atoms with Crippen LogP contribution >= 0.6 is 0 Å². The second-order valence-electron chi connectivity index (χ2n) is 5.97. The highest BCUT2D eigenvalue weighted by Crippen LogP contribution is 2.18. The van der Waals surface area contributed by atoms with Gasteiger partial charge in [-0.2, -0.15) is 0 Å². The molecule has 3 rings (SSSR count). The molecule has 1 amide bonds. The van der Waals surface area contributed by atoms with Crippen LogP contribution in [-0.4, -0.2) is 28.3 Å². The van der Waals surface area contributed by atoms with Crippen LogP contribution in [0, 0.1) is 0 Å². The average molecular weight is 376 g/mol. The number of nitrogens with one attached hydrogen (secondary N) is 2. The molecule has 0 saturated heterocycles. The van der Waals surface area contributed by atoms with E-state index < -0.39 is 0 Å². The van der Waals surface area contributed by atoms with Gasteiger partial charge in [-0.1, -0.05) is 12.1 Å². The van der Waals surface area contributed by atoms with Gasteiger partial charge in [0.1, 0.15) is 5.75 Å². The van der Waals surface area contributed by atoms with Gasteiger partial charge in [-0.05, 0) is 50.2 Å². The molecule has 2 aromatic carbocycles. The number of Topliss-reactive ketones (excluding diaryl/α,β-unsaturated/α-hetero) is 1. The number of ketones is 1. The number of aromatic nitrogens is 2. The predicted octanol–water partition coefficient (Wildman–Crippen LogP) is 4.07. The Labute approximate surface area is 162 Å². The molecule has 0 spiro atoms. The summed E-state index contributed by atoms with van der Waals surface area (Å²) in [5, 5.41) is 5.80. The topological polar surface area (TPSA) is 93.2 Å². The van der Waals surface area contributed by atoms with E-state index in [0.717, 1.165) is 11.4 Å². The van der Waals surface area contributed by atoms with Gasteiger partial charge in [0, 0.05) is 29.3 Å². The van der Waals surface area contributed by atoms with Crippen LogP contribution in [0.4, 0.5) is 17.3 Å². The Morgan fingerprint density at radius 1 is 0.964 bits per heavy atom. The summed E-state index contributed by atoms with van der Waals surface area (Å²) in [7, 11) is 0. The van der Waals surface area contributed by atoms with E-state index in [1.165, 1.54) is 19.3 Å². The zero-order chi connectivity index (χ0) is 19.9. The second kappa shape index (κ2) is 8.77. The van der Waals surface area contributed by atoms with Crippen LogP contribution in [0.2, 0.25) is 0 Å². The molecule has 142 valence electrons. The minimum atomic E-state index is -0.353. The van der Waals surface area contributed by atoms with E-state index in [-0.39, 0.29) is 11.7 Å². The molecule has 0 atom stereocenters. The van der Waals surface area contributed by atoms with Crippen molar-refractivity contribution in [3.63, 3.8) is 0 Å². The molecule has 7 heteroatoms. The molecule has 2 N–H and O–H groups in total. The van der Waals surface area contributed by atoms with Crippen molar-refractivity contribution < 1.29 is 14.3 Å². The fourth-order valence-corrected chi connectivity index (χ4v) is 2.46. The lowest BCUT2D eigenvalue weighted by molar-refractivity contribution is 0.101. The minimum Gasteiger partial charge on any atom is -0.494 e. The van der Waals surface area contributed by atoms with Crippen LogP contribution in [-0.2, 0) is 0 Å². The number of hydrogen-bond donors (Lipinski definition) is 2. The largest absolute Gasteiger partial charge is 0.494 e. The first-order valence-electron chi connectivity index (χ1n) is 8.79. The Bertz CT molecular complexity index is 970. The number of amides is 1. The normalized spacial score (nSPS) is 10.2. The van der Waals surface area contributed by atoms with Gasteiger partial charge in [0.05, 0.1) is 12.2 Å². The maximum Gasteiger partial charge on any atom is 0.258 e. The Morgan fingerprint density at radius 2 is 1.68 bits per heavy atom. The van der Waals surface area contributed by atoms with Crippen molar-refractivity contribution in [2.45, 2.75) is 13.8 Å². The maximum absolute atomic E-state index is 12.4. The predicted molar refractivity (Wildman–Crippen MR) is 107 cm³/mol. The number of hydrogen-bond acceptors (Lipinski definition) is 6. The fraction of sp³-hybridized carbons (Fsp3) is 0.143. The SMILES string of the molecule is CCOc1ccc(Nc2ncc(C(=O)Nc3cccc(C(C)=O)c3)cn2)cc1. The first kappa shape index (κ1) is 19.0. The number of carbonyl (C=O) groups excluding carboxylic acids is 2. The van der Waals surface area contributed by atoms with E-state index in [2.05, 4.69) is 20.6 Å². The van der Waals surface area contributed by atoms with Gasteiger partial charge in [0.15, 0.2) is 5.78 Å². The standard InChI is InChI=1S/C21H20N4O3/c1-3-28-19-9-7-17(8-10-19)25-21-22-12-16(13-23-21)20(27)24-18-6-4-5-15(11-18)14(2)26/h4-13H,3H2,1-2H3,(H,24,27)(H,22,23,25). The maximum atomic E-state index is 12.4. The molecule has 0 aliphatic carbocycles. The summed E-state index contributed by atoms with van der Waals surface area (Å²) in [5.41, 5.74) is 2.19. The van der Waals surface area contributed by atoms with E-state index in [1.807, 2.05) is 31.2 Å². The Hall–Kier alpha value is -3.74. The molecule has 3 aromatic rings. The van der Waals surface area contributed by atoms with Gasteiger partial charge in [0.25, 0.3) is 5.91 Å². The highest BCUT2D eigenvalue weighted by molar-refractivity contribution is 6.04. The molecule has 0 unspecified atom stereocenters. The van der Waals surface area contributed by atoms with Crippen LogP contribution in [0.15, 0.2) is 60.9 Å². The first-order valence-corrected chi connectivity index (χ1v) is 8.79. The van der Waals surface area contributed by atoms with Gasteiger partial charge < -0.3 is 15.4 Å². The van der Waals surface area contributed by atoms with Gasteiger partial charge in [-0.15, -0.1) is 0 Å². The summed E-state index contributed by atoms with van der Waals surface area (Å²) in [6.45, 7) is 4.01. The molecule has 0 radical (unpaired) electrons. The first-order chi connectivity index (χ1) is 13.5. The van der Waals surface area contributed by atoms with Crippen molar-refractivity contribution in [1.82, 2.24) is 9.97 Å². The number of carbonyl (C=O) groups is 2. The van der Waals surface area contributed by atoms with E-state index in [0.29, 0.717) is 29.4 Å². The lowest BCUT2D eigenvalue weighted by Crippen LogP contribution is -2.13. The molecule has 0 saturated carbocycles. The molecule has 1 aromatic heterocycles. The van der Waals surface area contributed by atoms with Crippen molar-refractivity contribution in [2.24, 2.45) is 0 Å². The summed E-state index contributed by atoms with van der Waals surface area (Å²) in [6, 6.07) is 14.2. The molecule has 7 nitrogen and oxygen atoms in total. The molecular formula is C21H20N4O3. The van der Waals surface area contributed by atoms with Crippen LogP contribution < -0.4 is 15.4 Å². The van der Waals surface area contributed by atoms with Crippen LogP contribution in [0.1, 0.15) is 34.6 Å². The zero-order valence-corrected chi connectivity index (χ0v) is 15.6. The molecule has 0 bridgehead atoms. The lowest BCUT2D eigenvalue weighted by atomic mass is 10.1. The number of benzene rings is 2. The quantitative estimate of drug-likeness (QED) is 0.604. The smallest absolute Gasteiger partial charge is 0.258 e. The number of nitrogens with zero attached hydrogens (tertiary/aromatic N) is 2. The summed E-state index contributed by atoms with van der Waals surface area (Å²) in [5.74, 6) is 0.742. The molecule has 0 aliphatic heterocycles. The molecule has 1 heterocycles. The van der Waals surface area contributed by atoms with Crippen molar-refractivity contribution >= 4 is 29.0 Å². The van der Waals surface area contributed by atoms with Gasteiger partial charge in [0.2, 0.25) is 5.95 Å². The summed E-state index contributed by atoms with van der Waals surface area (Å²) in [6.07, 6.45) is 2.88. The van der Waals surface area contributed by atoms with E-state index in [4.69, 9.17) is 4.74 Å². The third-order valence-electron chi connectivity index (χ3n) is 3.86. The highest BCUT2D eigenvalue weighted by atomic mass is 16.5. The number of anilines is 3. The van der Waals surface area contributed by atoms with Crippen molar-refractivity contribution in [2.75, 3.05) is 17.2 Å². The van der Waals surface area contributed by atoms with Crippen molar-refractivity contribution in [1.29, 1.82) is 0 Å². The molecule has 28 heavy (non-hydrogen) atoms. The fourth-order valence-electron chi connectivity index (χ4n) is 2.46. The minimum absolute atomic E-state index is 0.0656. The second-order valence-corrected chi connectivity index (χ2v) is 5.97. The summed E-state index contributed by atoms with van der Waals surface area (Å²) < 4.78 is 5.40. The van der Waals surface area contributed by atoms with Gasteiger partial charge >= 0.3 is 0 Å². The van der Waals surface area contributed by atoms with E-state index >= 15 is 0 Å². The summed E-state index contributed by atoms with van der Waals surface area (Å²) in [4.78, 5) is 32.1. The zero-order valence-electron chi connectivity index (χ0n) is 15.6. The number of rotatable bonds is 7. The lowest BCUT2D eigenvalue weighted by Gasteiger charge is -2.08. The van der Waals surface area contributed by atoms with Crippen LogP contribution in [0.5, 0.6) is 5.75 Å². The number of ether oxygens (including phenoxy) is 1. The Morgan fingerprint density at radius 3 is 2.32 bits per heavy atom. The van der Waals surface area contributed by atoms with E-state index in [1.54, 1.807) is 24.3 Å². The highest BCUT2D eigenvalue weighted by Gasteiger charge is 2.09. The molecule has 0 fully saturated rings. The van der Waals surface area contributed by atoms with Gasteiger partial charge in [-0.3, -0.25) is 9.59 Å². The van der Waals surface area contributed by atoms with E-state index in [9.17, 15) is 9.59 Å². The van der Waals surface area contributed by atoms with Gasteiger partial charge in [-0.25, -0.2) is 9.97 Å². The third-order valence-corrected chi connectivity index (χ3v) is 3.86. The third kappa shape index (κ3) is 4.91. The van der Waals surface area contributed by atoms with Crippen LogP contribution in [0.3, 0.4) is 0 Å². The Kier molecular flexibility index (Phi) is 5.96. The average Bonchev–Trinajstić information content (AvgIpc) is 2.70. The van der Waals surface area contributed by atoms with Crippen LogP contribution in [0.25, 0.3) is 0 Å². The van der Waals surface area contributed by atoms with Crippen molar-refractivity contribution in [3.05, 3.63) is 72.1 Å². The van der Waals surface area contributed by atoms with Crippen molar-refractivity contribution in [3.8, 4) is 5.75 Å².